The number of nitrogens with zero attached hydrogens (tertiary/aromatic N) is 2. The van der Waals surface area contributed by atoms with Gasteiger partial charge in [-0.25, -0.2) is 13.6 Å². The van der Waals surface area contributed by atoms with Gasteiger partial charge in [0.25, 0.3) is 0 Å². The van der Waals surface area contributed by atoms with Crippen LogP contribution in [0.5, 0.6) is 0 Å². The van der Waals surface area contributed by atoms with Crippen LogP contribution in [0.25, 0.3) is 0 Å². The summed E-state index contributed by atoms with van der Waals surface area (Å²) in [6.07, 6.45) is 15.6. The first kappa shape index (κ1) is 267. The van der Waals surface area contributed by atoms with E-state index in [4.69, 9.17) is 24.7 Å². The predicted molar refractivity (Wildman–Crippen MR) is 544 cm³/mol. The van der Waals surface area contributed by atoms with Crippen molar-refractivity contribution < 1.29 is 82.0 Å². The number of methoxy groups -OCH3 is 2. The summed E-state index contributed by atoms with van der Waals surface area (Å²) in [6, 6.07) is 28.5. The third-order valence-corrected chi connectivity index (χ3v) is 8.87. The Bertz CT molecular complexity index is 1990. The summed E-state index contributed by atoms with van der Waals surface area (Å²) < 4.78 is 41.0. The van der Waals surface area contributed by atoms with Gasteiger partial charge >= 0.3 is 1890 Å². The fraction of sp³-hybridized carbons (Fsp3) is 0.302. The molecule has 0 heterocycles. The minimum absolute atomic E-state index is 0. The first-order chi connectivity index (χ1) is 54.9. The van der Waals surface area contributed by atoms with Crippen LogP contribution in [0, 0.1) is 36.3 Å². The van der Waals surface area contributed by atoms with Crippen LogP contribution < -0.4 is 66.9 Å². The first-order valence-electron chi connectivity index (χ1n) is 46.6. The van der Waals surface area contributed by atoms with Crippen molar-refractivity contribution in [3.8, 4) is 24.7 Å². The molecule has 0 saturated heterocycles. The first-order valence-corrected chi connectivity index (χ1v) is 510. The van der Waals surface area contributed by atoms with Gasteiger partial charge in [-0.05, 0) is 103 Å². The van der Waals surface area contributed by atoms with E-state index in [1.54, 1.807) is 31.2 Å². The molecule has 2 fully saturated rings. The number of esters is 1. The third kappa shape index (κ3) is 240. The standard InChI is InChI=1S/C21H20FNO2.C18H17FN2.C2H3ClO2.C2H6.59K.H/c1-3-21(12-13-21)23(15-17-4-8-18(22)9-5-17)19-10-6-16(7-11-19)14-20(24)25-2;1-2-18(11-12-18)21(17-9-7-16(20)8-10-17)13-14-3-5-15(19)6-4-14;1-5-2(3)4;1-2;;;;;;;;;;;;;;;;;;;;;;;;;;;;;;;;;;;;;;;;;;;;;;;;;;;;;;;;;;;;/h1,4-11H,12-15H2,2H3;1,3-10H,11-13,20H2;1H3;1-2H3;;;;;;;;;;;;;;;;;;;;;;;;;;;;;;;;;;;;;;;;;;;;;;;;;;;;;;;;;;;;/q;;;;;;;;;;;;;;;;;;;;;;;;;;;;;;;;;;;;;;;;;;;;;;;;;;;;;;;;;;;;;;+1;-1/i;;;1D;;;;;;;;;;;;;;;;;;;;;;;;;;;;;;;;;;;;;;;;;;;;;;;;;;;;;;;;;;;;. The number of nitrogen functional groups attached to an aromatic ring is 1. The Labute approximate surface area is 2060 Å². The van der Waals surface area contributed by atoms with Gasteiger partial charge in [0.05, 0.1) is 20.6 Å². The van der Waals surface area contributed by atoms with Crippen molar-refractivity contribution in [2.75, 3.05) is 29.8 Å². The minimum atomic E-state index is -0.773. The van der Waals surface area contributed by atoms with Crippen LogP contribution in [0.3, 0.4) is 0 Å². The van der Waals surface area contributed by atoms with Gasteiger partial charge in [0.2, 0.25) is 0 Å². The second-order valence-corrected chi connectivity index (χ2v) is 12.5. The van der Waals surface area contributed by atoms with E-state index in [2.05, 4.69) is 38.0 Å². The molecule has 112 heavy (non-hydrogen) atoms. The summed E-state index contributed by atoms with van der Waals surface area (Å²) in [7, 11) is 2.60. The molecule has 0 aromatic heterocycles. The molecule has 0 bridgehead atoms. The van der Waals surface area contributed by atoms with E-state index >= 15 is 0 Å². The van der Waals surface area contributed by atoms with Crippen LogP contribution in [-0.4, -0.2) is 1870 Å². The summed E-state index contributed by atoms with van der Waals surface area (Å²) in [6.45, 7) is 3.56. The summed E-state index contributed by atoms with van der Waals surface area (Å²) >= 11 is 77.1. The molecule has 2 aliphatic rings. The van der Waals surface area contributed by atoms with Crippen molar-refractivity contribution in [1.29, 1.82) is 0 Å². The number of hydrogen-bond donors (Lipinski definition) is 1. The quantitative estimate of drug-likeness (QED) is 0.0557. The number of hydrogen-bond acceptors (Lipinski definition) is 7. The van der Waals surface area contributed by atoms with Gasteiger partial charge in [-0.3, -0.25) is 4.79 Å². The summed E-state index contributed by atoms with van der Waals surface area (Å²) in [5.41, 5.74) is 10.2. The van der Waals surface area contributed by atoms with E-state index < -0.39 is 5.43 Å². The second-order valence-electron chi connectivity index (χ2n) is 12.2. The number of ether oxygens (including phenoxy) is 2. The van der Waals surface area contributed by atoms with E-state index in [9.17, 15) is 18.4 Å². The number of carbonyl (C=O) groups is 2. The maximum atomic E-state index is 13.2. The molecule has 2 N–H and O–H groups in total. The summed E-state index contributed by atoms with van der Waals surface area (Å²) in [5.74, 6) is 5.09. The Kier molecular flexibility index (Phi) is 707. The van der Waals surface area contributed by atoms with Crippen molar-refractivity contribution in [2.24, 2.45) is 0 Å². The zero-order valence-corrected chi connectivity index (χ0v) is 274. The van der Waals surface area contributed by atoms with E-state index in [-0.39, 0.29) is 87.9 Å². The van der Waals surface area contributed by atoms with Gasteiger partial charge in [0.15, 0.2) is 0 Å². The molecule has 0 amide bonds. The van der Waals surface area contributed by atoms with Crippen molar-refractivity contribution >= 4 is 1870 Å². The molecule has 0 aliphatic heterocycles. The predicted octanol–water partition coefficient (Wildman–Crippen LogP) is -15.7. The van der Waals surface area contributed by atoms with Gasteiger partial charge in [-0.2, -0.15) is 0 Å². The van der Waals surface area contributed by atoms with Crippen LogP contribution in [0.15, 0.2) is 97.1 Å². The van der Waals surface area contributed by atoms with E-state index in [1.807, 2.05) is 48.5 Å². The van der Waals surface area contributed by atoms with Crippen LogP contribution in [-0.2, 0) is 33.8 Å². The third-order valence-electron chi connectivity index (χ3n) is 8.72. The summed E-state index contributed by atoms with van der Waals surface area (Å²) in [5, 5.41) is 0. The molecule has 0 radical (unpaired) electrons. The number of rotatable bonds is 10. The Morgan fingerprint density at radius 1 is 0.384 bits per heavy atom. The average molecular weight is 3050 g/mol. The van der Waals surface area contributed by atoms with Crippen molar-refractivity contribution in [3.05, 3.63) is 125 Å². The number of halogens is 3. The maximum absolute atomic E-state index is 13.2. The van der Waals surface area contributed by atoms with Crippen LogP contribution in [0.2, 0.25) is 0 Å². The molecule has 2 aliphatic carbocycles. The number of nitrogens with two attached hydrogens (primary N) is 1. The fourth-order valence-electron chi connectivity index (χ4n) is 5.43. The molecule has 4 aromatic carbocycles. The molecule has 6 rings (SSSR count). The summed E-state index contributed by atoms with van der Waals surface area (Å²) in [4.78, 5) is 25.1. The van der Waals surface area contributed by atoms with Gasteiger partial charge in [-0.1, -0.05) is 62.1 Å². The van der Waals surface area contributed by atoms with Gasteiger partial charge in [0.1, 0.15) is 22.7 Å². The molecule has 4 aromatic rings. The monoisotopic (exact) mass is 3040 g/mol. The number of terminal acetylenes is 2. The number of anilines is 3. The van der Waals surface area contributed by atoms with E-state index in [0.717, 1.165) is 59.4 Å². The van der Waals surface area contributed by atoms with Crippen LogP contribution >= 0.6 is 11.6 Å². The molecule has 0 unspecified atom stereocenters. The molecule has 2 saturated carbocycles. The molecular formula is C43H47ClF2K59N3O4. The molecule has 0 atom stereocenters. The molecule has 69 heteroatoms. The number of benzene rings is 4. The fourth-order valence-corrected chi connectivity index (χ4v) is 5.43. The Hall–Kier alpha value is 91.0. The Morgan fingerprint density at radius 2 is 0.545 bits per heavy atom. The molecule has 7 nitrogen and oxygen atoms in total. The van der Waals surface area contributed by atoms with E-state index in [1.165, 1.54) is 1870 Å². The molecule has 0 spiro atoms. The Balaban J connectivity index is -0.0000000272. The average Bonchev–Trinajstić information content (AvgIpc) is 1.58. The van der Waals surface area contributed by atoms with Crippen molar-refractivity contribution in [2.45, 2.75) is 70.1 Å². The van der Waals surface area contributed by atoms with Crippen molar-refractivity contribution in [1.82, 2.24) is 0 Å². The zero-order valence-electron chi connectivity index (χ0n) is 91.3. The van der Waals surface area contributed by atoms with Crippen LogP contribution in [0.1, 0.15) is 59.0 Å². The SMILES string of the molecule is C#CC1(N(Cc2ccc(F)cc2)c2ccc(CC(=O)OC)cc2)CC1.C#CC1(N(Cc2ccc(F)cc2)c2ccc(N)cc2)CC1.COC(=O)Cl.[2H]CC.[H-].[K+].[K][K].[K][K].[K][K].[K][K].[K][K].[K][K].[K][K].[K][K].[K][K].[K][K].[K][K].[K][K].[K][K].[K][K].[K][K].[K][K].[K][K].[K][K].[K][K].[K][K].[K][K].[K][K].[K][K].[K][K].[K][K].[K][K].[K][K].[K][K].[K][K]. The molecule has 338 valence electrons. The Morgan fingerprint density at radius 3 is 0.688 bits per heavy atom. The zero-order chi connectivity index (χ0) is 97.7. The van der Waals surface area contributed by atoms with Gasteiger partial charge in [-0.15, -0.1) is 12.8 Å². The second kappa shape index (κ2) is 296. The molecular weight excluding hydrogens is 3000 g/mol. The van der Waals surface area contributed by atoms with Gasteiger partial charge in [0, 0.05) is 43.1 Å². The van der Waals surface area contributed by atoms with Crippen LogP contribution in [0.4, 0.5) is 30.6 Å². The van der Waals surface area contributed by atoms with E-state index in [0.29, 0.717) is 20.0 Å². The normalized spacial score (nSPS) is 8.62. The van der Waals surface area contributed by atoms with Gasteiger partial charge < -0.3 is 26.4 Å². The topological polar surface area (TPSA) is 85.1 Å². The number of carbonyl (C=O) groups excluding carboxylic acids is 2. The van der Waals surface area contributed by atoms with Crippen molar-refractivity contribution in [3.63, 3.8) is 0 Å².